The Morgan fingerprint density at radius 1 is 1.24 bits per heavy atom. The van der Waals surface area contributed by atoms with Crippen LogP contribution in [0.25, 0.3) is 0 Å². The number of carbonyl (C=O) groups is 1. The Kier molecular flexibility index (Phi) is 4.02. The van der Waals surface area contributed by atoms with Crippen molar-refractivity contribution in [1.29, 1.82) is 0 Å². The number of carbonyl (C=O) groups excluding carboxylic acids is 1. The lowest BCUT2D eigenvalue weighted by Crippen LogP contribution is -2.23. The molecule has 1 aromatic carbocycles. The van der Waals surface area contributed by atoms with Crippen LogP contribution in [0.15, 0.2) is 47.8 Å². The van der Waals surface area contributed by atoms with Crippen molar-refractivity contribution in [3.05, 3.63) is 58.5 Å². The summed E-state index contributed by atoms with van der Waals surface area (Å²) in [4.78, 5) is 13.6. The Hall–Kier alpha value is -2.54. The van der Waals surface area contributed by atoms with Crippen LogP contribution in [0.3, 0.4) is 0 Å². The van der Waals surface area contributed by atoms with Gasteiger partial charge in [-0.3, -0.25) is 4.79 Å². The van der Waals surface area contributed by atoms with E-state index >= 15 is 0 Å². The van der Waals surface area contributed by atoms with Gasteiger partial charge in [-0.15, -0.1) is 21.5 Å². The van der Waals surface area contributed by atoms with E-state index in [0.29, 0.717) is 12.2 Å². The van der Waals surface area contributed by atoms with Crippen molar-refractivity contribution in [2.24, 2.45) is 0 Å². The Balaban J connectivity index is 1.80. The normalized spacial score (nSPS) is 12.0. The van der Waals surface area contributed by atoms with Crippen LogP contribution in [0, 0.1) is 0 Å². The molecule has 0 aliphatic carbocycles. The summed E-state index contributed by atoms with van der Waals surface area (Å²) < 4.78 is 0. The molecule has 2 aromatic heterocycles. The Morgan fingerprint density at radius 3 is 2.76 bits per heavy atom. The Morgan fingerprint density at radius 2 is 2.10 bits per heavy atom. The predicted octanol–water partition coefficient (Wildman–Crippen LogP) is 2.23. The molecule has 0 bridgehead atoms. The molecule has 0 fully saturated rings. The molecule has 3 aromatic rings. The second kappa shape index (κ2) is 6.27. The van der Waals surface area contributed by atoms with Crippen LogP contribution in [-0.2, 0) is 11.2 Å². The number of H-pyrrole nitrogens is 1. The molecular formula is C14H13N5OS. The quantitative estimate of drug-likeness (QED) is 0.756. The van der Waals surface area contributed by atoms with E-state index in [0.717, 1.165) is 10.6 Å². The van der Waals surface area contributed by atoms with Gasteiger partial charge < -0.3 is 5.32 Å². The number of rotatable bonds is 5. The lowest BCUT2D eigenvalue weighted by Gasteiger charge is -2.12. The van der Waals surface area contributed by atoms with Crippen molar-refractivity contribution in [1.82, 2.24) is 20.6 Å². The number of hydrogen-bond donors (Lipinski definition) is 2. The molecule has 2 N–H and O–H groups in total. The molecular weight excluding hydrogens is 286 g/mol. The number of thiophene rings is 1. The minimum atomic E-state index is -0.470. The van der Waals surface area contributed by atoms with E-state index in [1.54, 1.807) is 11.3 Å². The van der Waals surface area contributed by atoms with Crippen molar-refractivity contribution in [3.8, 4) is 0 Å². The summed E-state index contributed by atoms with van der Waals surface area (Å²) in [6, 6.07) is 13.3. The molecule has 21 heavy (non-hydrogen) atoms. The average molecular weight is 299 g/mol. The van der Waals surface area contributed by atoms with Gasteiger partial charge in [0.25, 0.3) is 0 Å². The van der Waals surface area contributed by atoms with E-state index in [-0.39, 0.29) is 5.91 Å². The van der Waals surface area contributed by atoms with Gasteiger partial charge in [-0.2, -0.15) is 5.21 Å². The zero-order valence-corrected chi connectivity index (χ0v) is 11.9. The number of para-hydroxylation sites is 1. The van der Waals surface area contributed by atoms with Crippen LogP contribution >= 0.6 is 11.3 Å². The highest BCUT2D eigenvalue weighted by atomic mass is 32.1. The first-order valence-electron chi connectivity index (χ1n) is 6.44. The van der Waals surface area contributed by atoms with Crippen molar-refractivity contribution in [2.75, 3.05) is 5.32 Å². The summed E-state index contributed by atoms with van der Waals surface area (Å²) in [5.41, 5.74) is 0.752. The summed E-state index contributed by atoms with van der Waals surface area (Å²) in [6.07, 6.45) is 0.551. The molecule has 0 aliphatic rings. The Labute approximate surface area is 125 Å². The molecule has 0 unspecified atom stereocenters. The molecule has 2 heterocycles. The lowest BCUT2D eigenvalue weighted by molar-refractivity contribution is -0.117. The smallest absolute Gasteiger partial charge is 0.235 e. The van der Waals surface area contributed by atoms with Crippen LogP contribution in [0.2, 0.25) is 0 Å². The zero-order chi connectivity index (χ0) is 14.5. The van der Waals surface area contributed by atoms with E-state index in [2.05, 4.69) is 25.9 Å². The fourth-order valence-electron chi connectivity index (χ4n) is 2.00. The number of amides is 1. The van der Waals surface area contributed by atoms with Gasteiger partial charge in [-0.1, -0.05) is 29.5 Å². The van der Waals surface area contributed by atoms with E-state index in [9.17, 15) is 4.79 Å². The van der Waals surface area contributed by atoms with Crippen LogP contribution in [-0.4, -0.2) is 26.5 Å². The van der Waals surface area contributed by atoms with Gasteiger partial charge in [0.05, 0.1) is 0 Å². The summed E-state index contributed by atoms with van der Waals surface area (Å²) in [7, 11) is 0. The number of benzene rings is 1. The van der Waals surface area contributed by atoms with E-state index in [4.69, 9.17) is 0 Å². The number of anilines is 1. The summed E-state index contributed by atoms with van der Waals surface area (Å²) >= 11 is 1.61. The molecule has 0 saturated heterocycles. The fourth-order valence-corrected chi connectivity index (χ4v) is 2.75. The maximum atomic E-state index is 12.5. The van der Waals surface area contributed by atoms with Gasteiger partial charge in [-0.05, 0) is 23.6 Å². The van der Waals surface area contributed by atoms with Crippen molar-refractivity contribution in [3.63, 3.8) is 0 Å². The third-order valence-corrected chi connectivity index (χ3v) is 3.92. The van der Waals surface area contributed by atoms with E-state index in [1.807, 2.05) is 47.8 Å². The number of nitrogens with zero attached hydrogens (tertiary/aromatic N) is 3. The average Bonchev–Trinajstić information content (AvgIpc) is 3.19. The molecule has 0 aliphatic heterocycles. The number of hydrogen-bond acceptors (Lipinski definition) is 5. The first kappa shape index (κ1) is 13.4. The minimum absolute atomic E-state index is 0.143. The predicted molar refractivity (Wildman–Crippen MR) is 80.0 cm³/mol. The van der Waals surface area contributed by atoms with Crippen LogP contribution in [0.5, 0.6) is 0 Å². The summed E-state index contributed by atoms with van der Waals surface area (Å²) in [6.45, 7) is 0. The molecule has 6 nitrogen and oxygen atoms in total. The van der Waals surface area contributed by atoms with Gasteiger partial charge in [0.15, 0.2) is 5.82 Å². The number of tetrazole rings is 1. The number of nitrogens with one attached hydrogen (secondary N) is 2. The summed E-state index contributed by atoms with van der Waals surface area (Å²) in [5.74, 6) is -0.213. The van der Waals surface area contributed by atoms with Crippen LogP contribution in [0.1, 0.15) is 16.6 Å². The highest BCUT2D eigenvalue weighted by Gasteiger charge is 2.25. The van der Waals surface area contributed by atoms with Crippen molar-refractivity contribution in [2.45, 2.75) is 12.3 Å². The SMILES string of the molecule is O=C(Nc1ccccc1)[C@H](Cc1cccs1)c1nn[nH]n1. The van der Waals surface area contributed by atoms with Crippen molar-refractivity contribution < 1.29 is 4.79 Å². The third kappa shape index (κ3) is 3.32. The van der Waals surface area contributed by atoms with Crippen molar-refractivity contribution >= 4 is 22.9 Å². The second-order valence-corrected chi connectivity index (χ2v) is 5.49. The van der Waals surface area contributed by atoms with Crippen LogP contribution in [0.4, 0.5) is 5.69 Å². The van der Waals surface area contributed by atoms with Gasteiger partial charge in [0.2, 0.25) is 5.91 Å². The maximum Gasteiger partial charge on any atom is 0.235 e. The monoisotopic (exact) mass is 299 g/mol. The zero-order valence-electron chi connectivity index (χ0n) is 11.1. The fraction of sp³-hybridized carbons (Fsp3) is 0.143. The topological polar surface area (TPSA) is 83.6 Å². The van der Waals surface area contributed by atoms with E-state index < -0.39 is 5.92 Å². The highest BCUT2D eigenvalue weighted by molar-refractivity contribution is 7.09. The molecule has 0 spiro atoms. The molecule has 0 radical (unpaired) electrons. The van der Waals surface area contributed by atoms with E-state index in [1.165, 1.54) is 0 Å². The Bertz CT molecular complexity index is 682. The molecule has 3 rings (SSSR count). The largest absolute Gasteiger partial charge is 0.325 e. The van der Waals surface area contributed by atoms with Gasteiger partial charge in [-0.25, -0.2) is 0 Å². The second-order valence-electron chi connectivity index (χ2n) is 4.46. The molecule has 0 saturated carbocycles. The molecule has 1 atom stereocenters. The molecule has 1 amide bonds. The number of aromatic amines is 1. The van der Waals surface area contributed by atoms with Crippen LogP contribution < -0.4 is 5.32 Å². The highest BCUT2D eigenvalue weighted by Crippen LogP contribution is 2.22. The molecule has 106 valence electrons. The standard InChI is InChI=1S/C14H13N5OS/c20-14(15-10-5-2-1-3-6-10)12(13-16-18-19-17-13)9-11-7-4-8-21-11/h1-8,12H,9H2,(H,15,20)(H,16,17,18,19)/t12-/m1/s1. The number of aromatic nitrogens is 4. The first-order chi connectivity index (χ1) is 10.3. The first-order valence-corrected chi connectivity index (χ1v) is 7.32. The minimum Gasteiger partial charge on any atom is -0.325 e. The maximum absolute atomic E-state index is 12.5. The van der Waals surface area contributed by atoms with Gasteiger partial charge >= 0.3 is 0 Å². The lowest BCUT2D eigenvalue weighted by atomic mass is 10.0. The summed E-state index contributed by atoms with van der Waals surface area (Å²) in [5, 5.41) is 18.7. The molecule has 7 heteroatoms. The van der Waals surface area contributed by atoms with Gasteiger partial charge in [0, 0.05) is 17.0 Å². The van der Waals surface area contributed by atoms with Gasteiger partial charge in [0.1, 0.15) is 5.92 Å². The third-order valence-electron chi connectivity index (χ3n) is 3.02.